The third-order valence-electron chi connectivity index (χ3n) is 1.71. The maximum Gasteiger partial charge on any atom is 0.321 e. The highest BCUT2D eigenvalue weighted by Gasteiger charge is 2.07. The molecule has 0 saturated carbocycles. The van der Waals surface area contributed by atoms with E-state index in [2.05, 4.69) is 21.2 Å². The minimum atomic E-state index is -0.127. The van der Waals surface area contributed by atoms with Gasteiger partial charge in [-0.3, -0.25) is 4.90 Å². The van der Waals surface area contributed by atoms with Crippen molar-refractivity contribution in [2.24, 2.45) is 0 Å². The normalized spacial score (nSPS) is 9.46. The minimum absolute atomic E-state index is 0.127. The van der Waals surface area contributed by atoms with Gasteiger partial charge in [-0.2, -0.15) is 0 Å². The summed E-state index contributed by atoms with van der Waals surface area (Å²) in [7, 11) is 3.33. The van der Waals surface area contributed by atoms with E-state index in [4.69, 9.17) is 0 Å². The Kier molecular flexibility index (Phi) is 3.31. The Morgan fingerprint density at radius 2 is 2.23 bits per heavy atom. The van der Waals surface area contributed by atoms with E-state index in [9.17, 15) is 4.79 Å². The maximum absolute atomic E-state index is 11.2. The molecule has 0 aromatic heterocycles. The fourth-order valence-electron chi connectivity index (χ4n) is 0.970. The molecule has 70 valence electrons. The number of halogens is 1. The molecule has 3 nitrogen and oxygen atoms in total. The highest BCUT2D eigenvalue weighted by Crippen LogP contribution is 2.18. The summed E-state index contributed by atoms with van der Waals surface area (Å²) in [4.78, 5) is 12.8. The number of anilines is 1. The standard InChI is InChI=1S/C9H11BrN2O/c1-11-9(13)12(2)8-5-3-4-7(10)6-8/h3-6H,1-2H3,(H,11,13). The average Bonchev–Trinajstić information content (AvgIpc) is 2.15. The lowest BCUT2D eigenvalue weighted by atomic mass is 10.3. The second-order valence-corrected chi connectivity index (χ2v) is 3.51. The summed E-state index contributed by atoms with van der Waals surface area (Å²) in [6, 6.07) is 7.44. The van der Waals surface area contributed by atoms with Crippen molar-refractivity contribution in [3.05, 3.63) is 28.7 Å². The number of carbonyl (C=O) groups is 1. The van der Waals surface area contributed by atoms with E-state index in [1.165, 1.54) is 0 Å². The van der Waals surface area contributed by atoms with Crippen molar-refractivity contribution in [1.29, 1.82) is 0 Å². The van der Waals surface area contributed by atoms with Gasteiger partial charge in [-0.15, -0.1) is 0 Å². The predicted octanol–water partition coefficient (Wildman–Crippen LogP) is 2.22. The Bertz CT molecular complexity index is 314. The van der Waals surface area contributed by atoms with Gasteiger partial charge in [0.1, 0.15) is 0 Å². The number of amides is 2. The topological polar surface area (TPSA) is 32.3 Å². The number of carbonyl (C=O) groups excluding carboxylic acids is 1. The maximum atomic E-state index is 11.2. The van der Waals surface area contributed by atoms with Gasteiger partial charge in [0.25, 0.3) is 0 Å². The molecule has 1 rings (SSSR count). The number of nitrogens with one attached hydrogen (secondary N) is 1. The van der Waals surface area contributed by atoms with E-state index in [1.54, 1.807) is 19.0 Å². The zero-order chi connectivity index (χ0) is 9.84. The number of rotatable bonds is 1. The second kappa shape index (κ2) is 4.28. The van der Waals surface area contributed by atoms with Crippen LogP contribution in [0.4, 0.5) is 10.5 Å². The van der Waals surface area contributed by atoms with Crippen molar-refractivity contribution < 1.29 is 4.79 Å². The SMILES string of the molecule is CNC(=O)N(C)c1cccc(Br)c1. The molecular weight excluding hydrogens is 232 g/mol. The molecule has 0 heterocycles. The molecule has 0 atom stereocenters. The monoisotopic (exact) mass is 242 g/mol. The lowest BCUT2D eigenvalue weighted by Crippen LogP contribution is -2.34. The Balaban J connectivity index is 2.88. The third kappa shape index (κ3) is 2.45. The van der Waals surface area contributed by atoms with Gasteiger partial charge in [-0.1, -0.05) is 22.0 Å². The predicted molar refractivity (Wildman–Crippen MR) is 57.0 cm³/mol. The highest BCUT2D eigenvalue weighted by molar-refractivity contribution is 9.10. The van der Waals surface area contributed by atoms with Crippen molar-refractivity contribution in [1.82, 2.24) is 5.32 Å². The van der Waals surface area contributed by atoms with Gasteiger partial charge in [0.15, 0.2) is 0 Å². The zero-order valence-corrected chi connectivity index (χ0v) is 9.13. The van der Waals surface area contributed by atoms with E-state index in [-0.39, 0.29) is 6.03 Å². The first-order valence-electron chi connectivity index (χ1n) is 3.86. The molecule has 1 aromatic rings. The van der Waals surface area contributed by atoms with E-state index < -0.39 is 0 Å². The summed E-state index contributed by atoms with van der Waals surface area (Å²) in [6.07, 6.45) is 0. The van der Waals surface area contributed by atoms with Crippen molar-refractivity contribution in [3.63, 3.8) is 0 Å². The molecule has 0 fully saturated rings. The molecule has 0 aliphatic heterocycles. The summed E-state index contributed by atoms with van der Waals surface area (Å²) in [5.74, 6) is 0. The molecule has 0 bridgehead atoms. The van der Waals surface area contributed by atoms with Crippen LogP contribution in [-0.4, -0.2) is 20.1 Å². The van der Waals surface area contributed by atoms with Crippen LogP contribution in [0.2, 0.25) is 0 Å². The molecule has 4 heteroatoms. The van der Waals surface area contributed by atoms with Crippen LogP contribution in [0.1, 0.15) is 0 Å². The summed E-state index contributed by atoms with van der Waals surface area (Å²) >= 11 is 3.34. The van der Waals surface area contributed by atoms with Crippen LogP contribution in [-0.2, 0) is 0 Å². The van der Waals surface area contributed by atoms with Crippen molar-refractivity contribution in [2.75, 3.05) is 19.0 Å². The van der Waals surface area contributed by atoms with Gasteiger partial charge in [-0.25, -0.2) is 4.79 Å². The smallest absolute Gasteiger partial charge is 0.321 e. The lowest BCUT2D eigenvalue weighted by molar-refractivity contribution is 0.249. The first kappa shape index (κ1) is 10.1. The van der Waals surface area contributed by atoms with Gasteiger partial charge >= 0.3 is 6.03 Å². The molecule has 0 saturated heterocycles. The van der Waals surface area contributed by atoms with Crippen molar-refractivity contribution in [3.8, 4) is 0 Å². The van der Waals surface area contributed by atoms with Crippen molar-refractivity contribution >= 4 is 27.6 Å². The molecule has 0 radical (unpaired) electrons. The van der Waals surface area contributed by atoms with E-state index >= 15 is 0 Å². The minimum Gasteiger partial charge on any atom is -0.341 e. The Morgan fingerprint density at radius 1 is 1.54 bits per heavy atom. The van der Waals surface area contributed by atoms with Gasteiger partial charge in [0, 0.05) is 24.3 Å². The quantitative estimate of drug-likeness (QED) is 0.805. The van der Waals surface area contributed by atoms with E-state index in [0.717, 1.165) is 10.2 Å². The summed E-state index contributed by atoms with van der Waals surface area (Å²) in [6.45, 7) is 0. The molecule has 0 aliphatic carbocycles. The number of hydrogen-bond acceptors (Lipinski definition) is 1. The fourth-order valence-corrected chi connectivity index (χ4v) is 1.36. The zero-order valence-electron chi connectivity index (χ0n) is 7.54. The van der Waals surface area contributed by atoms with Crippen LogP contribution in [0.15, 0.2) is 28.7 Å². The molecule has 1 N–H and O–H groups in total. The van der Waals surface area contributed by atoms with Crippen LogP contribution >= 0.6 is 15.9 Å². The van der Waals surface area contributed by atoms with Crippen LogP contribution < -0.4 is 10.2 Å². The van der Waals surface area contributed by atoms with Crippen LogP contribution in [0.5, 0.6) is 0 Å². The Hall–Kier alpha value is -1.03. The third-order valence-corrected chi connectivity index (χ3v) is 2.21. The molecule has 0 unspecified atom stereocenters. The molecule has 0 aliphatic rings. The number of nitrogens with zero attached hydrogens (tertiary/aromatic N) is 1. The highest BCUT2D eigenvalue weighted by atomic mass is 79.9. The van der Waals surface area contributed by atoms with E-state index in [1.807, 2.05) is 24.3 Å². The van der Waals surface area contributed by atoms with Crippen molar-refractivity contribution in [2.45, 2.75) is 0 Å². The lowest BCUT2D eigenvalue weighted by Gasteiger charge is -2.16. The van der Waals surface area contributed by atoms with E-state index in [0.29, 0.717) is 0 Å². The average molecular weight is 243 g/mol. The molecule has 13 heavy (non-hydrogen) atoms. The molecular formula is C9H11BrN2O. The van der Waals surface area contributed by atoms with Gasteiger partial charge in [-0.05, 0) is 18.2 Å². The Morgan fingerprint density at radius 3 is 2.77 bits per heavy atom. The van der Waals surface area contributed by atoms with Gasteiger partial charge < -0.3 is 5.32 Å². The largest absolute Gasteiger partial charge is 0.341 e. The fraction of sp³-hybridized carbons (Fsp3) is 0.222. The number of benzene rings is 1. The summed E-state index contributed by atoms with van der Waals surface area (Å²) in [5.41, 5.74) is 0.855. The van der Waals surface area contributed by atoms with Crippen LogP contribution in [0.25, 0.3) is 0 Å². The first-order chi connectivity index (χ1) is 6.15. The molecule has 2 amide bonds. The summed E-state index contributed by atoms with van der Waals surface area (Å²) in [5, 5.41) is 2.55. The van der Waals surface area contributed by atoms with Gasteiger partial charge in [0.05, 0.1) is 0 Å². The molecule has 0 spiro atoms. The summed E-state index contributed by atoms with van der Waals surface area (Å²) < 4.78 is 0.959. The Labute approximate surface area is 85.9 Å². The van der Waals surface area contributed by atoms with Crippen LogP contribution in [0, 0.1) is 0 Å². The number of hydrogen-bond donors (Lipinski definition) is 1. The van der Waals surface area contributed by atoms with Gasteiger partial charge in [0.2, 0.25) is 0 Å². The second-order valence-electron chi connectivity index (χ2n) is 2.59. The van der Waals surface area contributed by atoms with Crippen LogP contribution in [0.3, 0.4) is 0 Å². The number of urea groups is 1. The first-order valence-corrected chi connectivity index (χ1v) is 4.65. The molecule has 1 aromatic carbocycles.